The molecule has 164 valence electrons. The van der Waals surface area contributed by atoms with Gasteiger partial charge in [0.2, 0.25) is 5.69 Å². The smallest absolute Gasteiger partial charge is 0.216 e. The molecule has 0 atom stereocenters. The van der Waals surface area contributed by atoms with Gasteiger partial charge in [-0.05, 0) is 78.0 Å². The van der Waals surface area contributed by atoms with E-state index < -0.39 is 25.0 Å². The number of furan rings is 1. The molecular weight excluding hydrogens is 402 g/mol. The maximum absolute atomic E-state index is 8.75. The van der Waals surface area contributed by atoms with Crippen LogP contribution in [0.25, 0.3) is 44.3 Å². The van der Waals surface area contributed by atoms with Gasteiger partial charge in [-0.25, -0.2) is 4.57 Å². The van der Waals surface area contributed by atoms with Gasteiger partial charge in [0.05, 0.1) is 5.56 Å². The minimum atomic E-state index is -2.19. The lowest BCUT2D eigenvalue weighted by atomic mass is 9.90. The molecule has 0 spiro atoms. The van der Waals surface area contributed by atoms with Crippen molar-refractivity contribution in [3.63, 3.8) is 0 Å². The fourth-order valence-electron chi connectivity index (χ4n) is 4.94. The molecule has 33 heavy (non-hydrogen) atoms. The minimum absolute atomic E-state index is 0.271. The molecule has 2 heteroatoms. The van der Waals surface area contributed by atoms with Gasteiger partial charge in [0.1, 0.15) is 18.2 Å². The van der Waals surface area contributed by atoms with Crippen LogP contribution in [0, 0.1) is 19.2 Å². The largest absolute Gasteiger partial charge is 0.455 e. The molecule has 3 aromatic carbocycles. The molecule has 2 nitrogen and oxygen atoms in total. The summed E-state index contributed by atoms with van der Waals surface area (Å²) in [5.41, 5.74) is 5.61. The summed E-state index contributed by atoms with van der Waals surface area (Å²) in [6.07, 6.45) is -1.99. The van der Waals surface area contributed by atoms with Crippen LogP contribution in [0.4, 0.5) is 0 Å². The minimum Gasteiger partial charge on any atom is -0.455 e. The summed E-state index contributed by atoms with van der Waals surface area (Å²) in [6, 6.07) is 18.8. The number of pyridine rings is 1. The van der Waals surface area contributed by atoms with Crippen LogP contribution in [0.1, 0.15) is 45.7 Å². The third kappa shape index (κ3) is 3.28. The number of hydrogen-bond donors (Lipinski definition) is 0. The van der Waals surface area contributed by atoms with Crippen LogP contribution in [-0.2, 0) is 19.8 Å². The van der Waals surface area contributed by atoms with E-state index in [1.165, 1.54) is 0 Å². The fourth-order valence-corrected chi connectivity index (χ4v) is 4.94. The van der Waals surface area contributed by atoms with Gasteiger partial charge in [-0.1, -0.05) is 50.2 Å². The summed E-state index contributed by atoms with van der Waals surface area (Å²) < 4.78 is 66.3. The van der Waals surface area contributed by atoms with E-state index >= 15 is 0 Å². The Morgan fingerprint density at radius 2 is 1.67 bits per heavy atom. The number of benzene rings is 3. The summed E-state index contributed by atoms with van der Waals surface area (Å²) in [7, 11) is 1.83. The highest BCUT2D eigenvalue weighted by atomic mass is 16.3. The number of fused-ring (bicyclic) bond motifs is 4. The van der Waals surface area contributed by atoms with Crippen molar-refractivity contribution < 1.29 is 18.6 Å². The van der Waals surface area contributed by atoms with Gasteiger partial charge in [0.25, 0.3) is 0 Å². The van der Waals surface area contributed by atoms with E-state index in [2.05, 4.69) is 0 Å². The Kier molecular flexibility index (Phi) is 2.99. The first-order valence-corrected chi connectivity index (χ1v) is 11.2. The van der Waals surface area contributed by atoms with E-state index in [-0.39, 0.29) is 5.56 Å². The molecule has 1 aliphatic rings. The van der Waals surface area contributed by atoms with E-state index in [1.807, 2.05) is 61.0 Å². The van der Waals surface area contributed by atoms with Gasteiger partial charge in [0, 0.05) is 32.0 Å². The maximum atomic E-state index is 8.75. The zero-order valence-corrected chi connectivity index (χ0v) is 19.2. The lowest BCUT2D eigenvalue weighted by Gasteiger charge is -2.14. The van der Waals surface area contributed by atoms with Gasteiger partial charge in [-0.15, -0.1) is 0 Å². The van der Waals surface area contributed by atoms with E-state index in [4.69, 9.17) is 14.0 Å². The molecule has 0 aliphatic heterocycles. The zero-order chi connectivity index (χ0) is 29.0. The molecule has 1 aliphatic carbocycles. The second-order valence-electron chi connectivity index (χ2n) is 9.50. The van der Waals surface area contributed by atoms with Crippen LogP contribution < -0.4 is 4.57 Å². The molecule has 0 radical (unpaired) electrons. The lowest BCUT2D eigenvalue weighted by molar-refractivity contribution is -0.660. The first-order chi connectivity index (χ1) is 18.6. The fraction of sp³-hybridized carbons (Fsp3) is 0.258. The van der Waals surface area contributed by atoms with E-state index in [0.29, 0.717) is 22.3 Å². The van der Waals surface area contributed by atoms with Gasteiger partial charge in [0.15, 0.2) is 6.20 Å². The molecule has 0 saturated carbocycles. The second kappa shape index (κ2) is 7.05. The molecular formula is C31H30NO+. The quantitative estimate of drug-likeness (QED) is 0.260. The molecule has 0 unspecified atom stereocenters. The Hall–Kier alpha value is -3.39. The third-order valence-electron chi connectivity index (χ3n) is 6.49. The lowest BCUT2D eigenvalue weighted by Crippen LogP contribution is -2.31. The van der Waals surface area contributed by atoms with Gasteiger partial charge >= 0.3 is 0 Å². The number of aromatic nitrogens is 1. The van der Waals surface area contributed by atoms with Crippen LogP contribution in [-0.4, -0.2) is 0 Å². The standard InChI is InChI=1S/C31H30NO/c1-19-6-13-27(32(5)18-19)29-20(2)7-11-26-25-12-10-22(15-28(25)33-30(26)29)21-8-9-23-16-31(3,4)17-24(23)14-21/h6-15,18H,16-17H2,1-5H3/q+1/i1D3,16D2,17D2. The first kappa shape index (κ1) is 14.0. The molecule has 5 aromatic rings. The van der Waals surface area contributed by atoms with E-state index in [1.54, 1.807) is 38.2 Å². The van der Waals surface area contributed by atoms with Crippen molar-refractivity contribution in [3.8, 4) is 22.4 Å². The Balaban J connectivity index is 1.50. The maximum Gasteiger partial charge on any atom is 0.216 e. The Labute approximate surface area is 205 Å². The van der Waals surface area contributed by atoms with Crippen LogP contribution in [0.15, 0.2) is 71.3 Å². The average Bonchev–Trinajstić information content (AvgIpc) is 3.29. The van der Waals surface area contributed by atoms with Crippen LogP contribution in [0.3, 0.4) is 0 Å². The van der Waals surface area contributed by atoms with Crippen molar-refractivity contribution in [2.45, 2.75) is 40.4 Å². The highest BCUT2D eigenvalue weighted by Gasteiger charge is 2.28. The molecule has 2 heterocycles. The predicted molar refractivity (Wildman–Crippen MR) is 136 cm³/mol. The molecule has 0 saturated heterocycles. The van der Waals surface area contributed by atoms with E-state index in [0.717, 1.165) is 38.7 Å². The summed E-state index contributed by atoms with van der Waals surface area (Å²) in [6.45, 7) is 3.10. The topological polar surface area (TPSA) is 17.0 Å². The molecule has 0 bridgehead atoms. The number of hydrogen-bond acceptors (Lipinski definition) is 1. The predicted octanol–water partition coefficient (Wildman–Crippen LogP) is 7.49. The van der Waals surface area contributed by atoms with Crippen molar-refractivity contribution in [1.82, 2.24) is 0 Å². The highest BCUT2D eigenvalue weighted by molar-refractivity contribution is 6.10. The number of aryl methyl sites for hydroxylation is 3. The Morgan fingerprint density at radius 1 is 0.909 bits per heavy atom. The second-order valence-corrected chi connectivity index (χ2v) is 9.50. The van der Waals surface area contributed by atoms with Gasteiger partial charge < -0.3 is 4.42 Å². The first-order valence-electron chi connectivity index (χ1n) is 14.7. The summed E-state index contributed by atoms with van der Waals surface area (Å²) in [4.78, 5) is 0. The summed E-state index contributed by atoms with van der Waals surface area (Å²) >= 11 is 0. The van der Waals surface area contributed by atoms with Crippen LogP contribution in [0.5, 0.6) is 0 Å². The Morgan fingerprint density at radius 3 is 2.48 bits per heavy atom. The SMILES string of the molecule is [2H]C([2H])([2H])c1ccc(-c2c(C)ccc3c2oc2cc(-c4ccc5c(c4)C([2H])([2H])C(C)(C)C5([2H])[2H])ccc23)[n+](C)c1. The van der Waals surface area contributed by atoms with Crippen LogP contribution in [0.2, 0.25) is 0 Å². The van der Waals surface area contributed by atoms with Crippen molar-refractivity contribution in [2.75, 3.05) is 0 Å². The van der Waals surface area contributed by atoms with Gasteiger partial charge in [-0.2, -0.15) is 0 Å². The monoisotopic (exact) mass is 439 g/mol. The molecule has 0 amide bonds. The third-order valence-corrected chi connectivity index (χ3v) is 6.49. The van der Waals surface area contributed by atoms with Crippen molar-refractivity contribution in [3.05, 3.63) is 89.1 Å². The molecule has 0 N–H and O–H groups in total. The van der Waals surface area contributed by atoms with Crippen molar-refractivity contribution in [2.24, 2.45) is 12.5 Å². The summed E-state index contributed by atoms with van der Waals surface area (Å²) in [5.74, 6) is 0. The number of rotatable bonds is 2. The Bertz CT molecular complexity index is 1850. The van der Waals surface area contributed by atoms with Gasteiger partial charge in [-0.3, -0.25) is 0 Å². The summed E-state index contributed by atoms with van der Waals surface area (Å²) in [5, 5.41) is 1.89. The van der Waals surface area contributed by atoms with Crippen LogP contribution >= 0.6 is 0 Å². The molecule has 2 aromatic heterocycles. The average molecular weight is 440 g/mol. The van der Waals surface area contributed by atoms with E-state index in [9.17, 15) is 0 Å². The number of nitrogens with zero attached hydrogens (tertiary/aromatic N) is 1. The highest BCUT2D eigenvalue weighted by Crippen LogP contribution is 2.40. The van der Waals surface area contributed by atoms with Crippen molar-refractivity contribution in [1.29, 1.82) is 0 Å². The molecule has 6 rings (SSSR count). The normalized spacial score (nSPS) is 21.4. The zero-order valence-electron chi connectivity index (χ0n) is 26.2. The van der Waals surface area contributed by atoms with Crippen molar-refractivity contribution >= 4 is 21.9 Å². The molecule has 0 fully saturated rings.